The number of carbonyl (C=O) groups excluding carboxylic acids is 2. The maximum absolute atomic E-state index is 13.6. The molecule has 0 spiro atoms. The van der Waals surface area contributed by atoms with Crippen LogP contribution in [0.15, 0.2) is 78.9 Å². The fourth-order valence-electron chi connectivity index (χ4n) is 2.39. The molecule has 0 saturated carbocycles. The first kappa shape index (κ1) is 19.1. The fourth-order valence-corrected chi connectivity index (χ4v) is 2.39. The van der Waals surface area contributed by atoms with Gasteiger partial charge in [-0.15, -0.1) is 0 Å². The molecule has 3 rings (SSSR count). The van der Waals surface area contributed by atoms with E-state index in [1.54, 1.807) is 36.4 Å². The highest BCUT2D eigenvalue weighted by atomic mass is 19.1. The molecule has 1 amide bonds. The second-order valence-electron chi connectivity index (χ2n) is 5.96. The molecule has 0 aromatic heterocycles. The van der Waals surface area contributed by atoms with Gasteiger partial charge in [0.15, 0.2) is 6.10 Å². The van der Waals surface area contributed by atoms with E-state index in [9.17, 15) is 14.0 Å². The van der Waals surface area contributed by atoms with Crippen LogP contribution in [0.5, 0.6) is 11.5 Å². The van der Waals surface area contributed by atoms with Crippen LogP contribution in [0, 0.1) is 5.82 Å². The largest absolute Gasteiger partial charge is 0.457 e. The number of amides is 1. The molecule has 0 saturated heterocycles. The minimum Gasteiger partial charge on any atom is -0.457 e. The van der Waals surface area contributed by atoms with Gasteiger partial charge >= 0.3 is 5.97 Å². The van der Waals surface area contributed by atoms with Crippen LogP contribution in [0.1, 0.15) is 17.3 Å². The molecule has 0 unspecified atom stereocenters. The van der Waals surface area contributed by atoms with E-state index in [0.29, 0.717) is 11.5 Å². The molecule has 5 nitrogen and oxygen atoms in total. The number of ether oxygens (including phenoxy) is 2. The van der Waals surface area contributed by atoms with Crippen molar-refractivity contribution in [2.24, 2.45) is 0 Å². The van der Waals surface area contributed by atoms with E-state index in [4.69, 9.17) is 9.47 Å². The monoisotopic (exact) mass is 379 g/mol. The van der Waals surface area contributed by atoms with E-state index in [0.717, 1.165) is 0 Å². The highest BCUT2D eigenvalue weighted by Crippen LogP contribution is 2.22. The summed E-state index contributed by atoms with van der Waals surface area (Å²) in [6.07, 6.45) is -1.11. The van der Waals surface area contributed by atoms with Crippen molar-refractivity contribution in [3.05, 3.63) is 90.2 Å². The lowest BCUT2D eigenvalue weighted by atomic mass is 10.2. The number of esters is 1. The van der Waals surface area contributed by atoms with Gasteiger partial charge in [0.25, 0.3) is 5.91 Å². The van der Waals surface area contributed by atoms with Gasteiger partial charge in [0, 0.05) is 0 Å². The van der Waals surface area contributed by atoms with Crippen LogP contribution in [0.3, 0.4) is 0 Å². The predicted molar refractivity (Wildman–Crippen MR) is 103 cm³/mol. The van der Waals surface area contributed by atoms with Crippen LogP contribution < -0.4 is 10.1 Å². The zero-order valence-electron chi connectivity index (χ0n) is 15.1. The van der Waals surface area contributed by atoms with Crippen molar-refractivity contribution in [1.82, 2.24) is 0 Å². The van der Waals surface area contributed by atoms with E-state index < -0.39 is 23.8 Å². The number of benzene rings is 3. The summed E-state index contributed by atoms with van der Waals surface area (Å²) >= 11 is 0. The summed E-state index contributed by atoms with van der Waals surface area (Å²) in [6.45, 7) is 1.42. The number of rotatable bonds is 6. The lowest BCUT2D eigenvalue weighted by Crippen LogP contribution is -2.30. The highest BCUT2D eigenvalue weighted by molar-refractivity contribution is 5.97. The minimum atomic E-state index is -1.11. The highest BCUT2D eigenvalue weighted by Gasteiger charge is 2.20. The summed E-state index contributed by atoms with van der Waals surface area (Å²) in [7, 11) is 0. The molecular weight excluding hydrogens is 361 g/mol. The summed E-state index contributed by atoms with van der Waals surface area (Å²) in [5.41, 5.74) is 0.257. The molecule has 28 heavy (non-hydrogen) atoms. The molecule has 1 atom stereocenters. The number of nitrogens with one attached hydrogen (secondary N) is 1. The van der Waals surface area contributed by atoms with Gasteiger partial charge in [-0.05, 0) is 49.4 Å². The summed E-state index contributed by atoms with van der Waals surface area (Å²) in [5, 5.41) is 2.39. The lowest BCUT2D eigenvalue weighted by Gasteiger charge is -2.14. The number of halogens is 1. The smallest absolute Gasteiger partial charge is 0.339 e. The van der Waals surface area contributed by atoms with Crippen molar-refractivity contribution in [1.29, 1.82) is 0 Å². The first-order valence-electron chi connectivity index (χ1n) is 8.62. The molecule has 3 aromatic carbocycles. The van der Waals surface area contributed by atoms with Crippen molar-refractivity contribution in [3.8, 4) is 11.5 Å². The Morgan fingerprint density at radius 2 is 1.57 bits per heavy atom. The zero-order valence-corrected chi connectivity index (χ0v) is 15.1. The average molecular weight is 379 g/mol. The Morgan fingerprint density at radius 3 is 2.32 bits per heavy atom. The Hall–Kier alpha value is -3.67. The molecule has 142 valence electrons. The van der Waals surface area contributed by atoms with Crippen LogP contribution in [-0.4, -0.2) is 18.0 Å². The second-order valence-corrected chi connectivity index (χ2v) is 5.96. The van der Waals surface area contributed by atoms with Gasteiger partial charge in [-0.3, -0.25) is 4.79 Å². The number of para-hydroxylation sites is 2. The molecule has 0 aliphatic heterocycles. The van der Waals surface area contributed by atoms with Gasteiger partial charge < -0.3 is 14.8 Å². The van der Waals surface area contributed by atoms with E-state index in [-0.39, 0.29) is 11.3 Å². The molecule has 0 bridgehead atoms. The maximum atomic E-state index is 13.6. The van der Waals surface area contributed by atoms with Crippen molar-refractivity contribution in [3.63, 3.8) is 0 Å². The van der Waals surface area contributed by atoms with Crippen LogP contribution >= 0.6 is 0 Å². The van der Waals surface area contributed by atoms with Crippen molar-refractivity contribution in [2.45, 2.75) is 13.0 Å². The van der Waals surface area contributed by atoms with Gasteiger partial charge in [0.05, 0.1) is 11.3 Å². The van der Waals surface area contributed by atoms with Gasteiger partial charge in [0.1, 0.15) is 17.3 Å². The number of anilines is 1. The van der Waals surface area contributed by atoms with Gasteiger partial charge in [0.2, 0.25) is 0 Å². The van der Waals surface area contributed by atoms with Gasteiger partial charge in [-0.1, -0.05) is 36.4 Å². The molecule has 0 aliphatic carbocycles. The Bertz CT molecular complexity index is 975. The number of carbonyl (C=O) groups is 2. The maximum Gasteiger partial charge on any atom is 0.339 e. The second kappa shape index (κ2) is 8.81. The normalized spacial score (nSPS) is 11.4. The van der Waals surface area contributed by atoms with Crippen molar-refractivity contribution < 1.29 is 23.5 Å². The van der Waals surface area contributed by atoms with Gasteiger partial charge in [-0.2, -0.15) is 0 Å². The molecule has 0 aliphatic rings. The zero-order chi connectivity index (χ0) is 19.9. The number of hydrogen-bond acceptors (Lipinski definition) is 4. The summed E-state index contributed by atoms with van der Waals surface area (Å²) < 4.78 is 24.5. The molecule has 0 heterocycles. The standard InChI is InChI=1S/C22H18FNO4/c1-15(21(25)24-20-13-6-5-12-19(20)23)27-22(26)16-8-7-11-18(14-16)28-17-9-3-2-4-10-17/h2-15H,1H3,(H,24,25)/t15-/m1/s1. The number of hydrogen-bond donors (Lipinski definition) is 1. The first-order chi connectivity index (χ1) is 13.5. The molecule has 1 N–H and O–H groups in total. The van der Waals surface area contributed by atoms with E-state index in [1.807, 2.05) is 18.2 Å². The first-order valence-corrected chi connectivity index (χ1v) is 8.62. The summed E-state index contributed by atoms with van der Waals surface area (Å²) in [5.74, 6) is -0.792. The fraction of sp³-hybridized carbons (Fsp3) is 0.0909. The van der Waals surface area contributed by atoms with E-state index >= 15 is 0 Å². The molecule has 6 heteroatoms. The lowest BCUT2D eigenvalue weighted by molar-refractivity contribution is -0.123. The predicted octanol–water partition coefficient (Wildman–Crippen LogP) is 4.80. The third-order valence-electron chi connectivity index (χ3n) is 3.83. The Morgan fingerprint density at radius 1 is 0.893 bits per heavy atom. The van der Waals surface area contributed by atoms with Crippen LogP contribution in [0.2, 0.25) is 0 Å². The summed E-state index contributed by atoms with van der Waals surface area (Å²) in [4.78, 5) is 24.5. The molecule has 3 aromatic rings. The van der Waals surface area contributed by atoms with E-state index in [2.05, 4.69) is 5.32 Å². The Balaban J connectivity index is 1.63. The van der Waals surface area contributed by atoms with Crippen LogP contribution in [0.25, 0.3) is 0 Å². The average Bonchev–Trinajstić information content (AvgIpc) is 2.70. The minimum absolute atomic E-state index is 0.0219. The SMILES string of the molecule is C[C@@H](OC(=O)c1cccc(Oc2ccccc2)c1)C(=O)Nc1ccccc1F. The third-order valence-corrected chi connectivity index (χ3v) is 3.83. The topological polar surface area (TPSA) is 64.6 Å². The third kappa shape index (κ3) is 4.94. The van der Waals surface area contributed by atoms with E-state index in [1.165, 1.54) is 31.2 Å². The quantitative estimate of drug-likeness (QED) is 0.625. The van der Waals surface area contributed by atoms with Gasteiger partial charge in [-0.25, -0.2) is 9.18 Å². The molecule has 0 radical (unpaired) electrons. The molecule has 0 fully saturated rings. The molecular formula is C22H18FNO4. The van der Waals surface area contributed by atoms with Crippen molar-refractivity contribution >= 4 is 17.6 Å². The summed E-state index contributed by atoms with van der Waals surface area (Å²) in [6, 6.07) is 21.3. The Labute approximate surface area is 161 Å². The van der Waals surface area contributed by atoms with Crippen molar-refractivity contribution in [2.75, 3.05) is 5.32 Å². The Kier molecular flexibility index (Phi) is 6.01. The van der Waals surface area contributed by atoms with Crippen LogP contribution in [0.4, 0.5) is 10.1 Å². The van der Waals surface area contributed by atoms with Crippen LogP contribution in [-0.2, 0) is 9.53 Å².